The molecule has 8 nitrogen and oxygen atoms in total. The zero-order valence-corrected chi connectivity index (χ0v) is 18.6. The van der Waals surface area contributed by atoms with E-state index in [0.29, 0.717) is 59.7 Å². The van der Waals surface area contributed by atoms with Crippen LogP contribution < -0.4 is 5.32 Å². The number of hydrogen-bond acceptors (Lipinski definition) is 6. The summed E-state index contributed by atoms with van der Waals surface area (Å²) in [5.74, 6) is 0.823. The van der Waals surface area contributed by atoms with E-state index in [2.05, 4.69) is 30.1 Å². The Kier molecular flexibility index (Phi) is 6.03. The van der Waals surface area contributed by atoms with Gasteiger partial charge in [-0.25, -0.2) is 28.2 Å². The van der Waals surface area contributed by atoms with Gasteiger partial charge in [-0.1, -0.05) is 0 Å². The molecular weight excluding hydrogens is 473 g/mol. The maximum atomic E-state index is 13.0. The highest BCUT2D eigenvalue weighted by Gasteiger charge is 2.35. The molecule has 5 rings (SSSR count). The Hall–Kier alpha value is -3.35. The highest BCUT2D eigenvalue weighted by atomic mass is 19.4. The zero-order valence-electron chi connectivity index (χ0n) is 18.6. The summed E-state index contributed by atoms with van der Waals surface area (Å²) >= 11 is 0. The number of hydrogen-bond donors (Lipinski definition) is 1. The quantitative estimate of drug-likeness (QED) is 0.380. The van der Waals surface area contributed by atoms with Crippen LogP contribution in [0, 0.1) is 6.92 Å². The number of anilines is 1. The molecule has 0 radical (unpaired) electrons. The molecule has 0 bridgehead atoms. The van der Waals surface area contributed by atoms with Crippen LogP contribution in [0.1, 0.15) is 31.5 Å². The van der Waals surface area contributed by atoms with Crippen molar-refractivity contribution >= 4 is 22.6 Å². The van der Waals surface area contributed by atoms with E-state index in [1.165, 1.54) is 4.57 Å². The first-order valence-corrected chi connectivity index (χ1v) is 11.1. The third kappa shape index (κ3) is 5.04. The van der Waals surface area contributed by atoms with Crippen molar-refractivity contribution in [3.8, 4) is 11.1 Å². The largest absolute Gasteiger partial charge is 0.522 e. The van der Waals surface area contributed by atoms with E-state index in [1.807, 2.05) is 6.07 Å². The number of nitrogens with one attached hydrogen (secondary N) is 1. The van der Waals surface area contributed by atoms with Crippen LogP contribution in [0.5, 0.6) is 0 Å². The molecule has 1 aliphatic carbocycles. The number of imidazole rings is 1. The van der Waals surface area contributed by atoms with E-state index in [0.717, 1.165) is 5.56 Å². The van der Waals surface area contributed by atoms with Crippen molar-refractivity contribution in [3.05, 3.63) is 36.5 Å². The van der Waals surface area contributed by atoms with Crippen molar-refractivity contribution in [1.82, 2.24) is 29.1 Å². The Labute approximate surface area is 196 Å². The number of aryl methyl sites for hydroxylation is 1. The van der Waals surface area contributed by atoms with E-state index >= 15 is 0 Å². The summed E-state index contributed by atoms with van der Waals surface area (Å²) in [6.45, 7) is 1.20. The molecule has 0 spiro atoms. The van der Waals surface area contributed by atoms with E-state index in [9.17, 15) is 22.0 Å². The van der Waals surface area contributed by atoms with Gasteiger partial charge < -0.3 is 9.88 Å². The predicted molar refractivity (Wildman–Crippen MR) is 117 cm³/mol. The Balaban J connectivity index is 1.34. The van der Waals surface area contributed by atoms with E-state index in [-0.39, 0.29) is 6.04 Å². The second-order valence-electron chi connectivity index (χ2n) is 8.55. The summed E-state index contributed by atoms with van der Waals surface area (Å²) in [6, 6.07) is 3.55. The van der Waals surface area contributed by atoms with Crippen LogP contribution in [0.15, 0.2) is 30.7 Å². The summed E-state index contributed by atoms with van der Waals surface area (Å²) in [6.07, 6.45) is -1.34. The lowest BCUT2D eigenvalue weighted by atomic mass is 9.93. The number of nitrogens with zero attached hydrogens (tertiary/aromatic N) is 6. The fourth-order valence-electron chi connectivity index (χ4n) is 4.54. The monoisotopic (exact) mass is 495 g/mol. The lowest BCUT2D eigenvalue weighted by Gasteiger charge is -2.29. The number of halogens is 5. The molecule has 1 N–H and O–H groups in total. The molecule has 1 aliphatic rings. The number of pyridine rings is 1. The topological polar surface area (TPSA) is 82.2 Å². The minimum Gasteiger partial charge on any atom is -0.350 e. The van der Waals surface area contributed by atoms with Crippen molar-refractivity contribution in [2.24, 2.45) is 0 Å². The second-order valence-corrected chi connectivity index (χ2v) is 8.55. The number of rotatable bonds is 6. The third-order valence-electron chi connectivity index (χ3n) is 6.15. The van der Waals surface area contributed by atoms with Crippen LogP contribution in [0.3, 0.4) is 0 Å². The smallest absolute Gasteiger partial charge is 0.350 e. The Morgan fingerprint density at radius 1 is 1.11 bits per heavy atom. The van der Waals surface area contributed by atoms with Gasteiger partial charge in [-0.3, -0.25) is 4.74 Å². The average Bonchev–Trinajstić information content (AvgIpc) is 3.34. The molecule has 13 heteroatoms. The van der Waals surface area contributed by atoms with Gasteiger partial charge in [0, 0.05) is 29.6 Å². The first-order valence-electron chi connectivity index (χ1n) is 11.1. The molecule has 0 amide bonds. The van der Waals surface area contributed by atoms with E-state index < -0.39 is 25.4 Å². The minimum absolute atomic E-state index is 0.0551. The zero-order chi connectivity index (χ0) is 24.7. The lowest BCUT2D eigenvalue weighted by Crippen LogP contribution is -2.33. The fourth-order valence-corrected chi connectivity index (χ4v) is 4.54. The molecule has 186 valence electrons. The molecule has 0 atom stereocenters. The van der Waals surface area contributed by atoms with Crippen molar-refractivity contribution in [1.29, 1.82) is 0 Å². The first kappa shape index (κ1) is 23.4. The van der Waals surface area contributed by atoms with Gasteiger partial charge in [0.15, 0.2) is 5.65 Å². The third-order valence-corrected chi connectivity index (χ3v) is 6.15. The summed E-state index contributed by atoms with van der Waals surface area (Å²) in [5, 5.41) is 7.65. The van der Waals surface area contributed by atoms with Crippen molar-refractivity contribution in [2.75, 3.05) is 5.32 Å². The van der Waals surface area contributed by atoms with Crippen molar-refractivity contribution in [3.63, 3.8) is 0 Å². The highest BCUT2D eigenvalue weighted by molar-refractivity contribution is 5.85. The lowest BCUT2D eigenvalue weighted by molar-refractivity contribution is -0.345. The fraction of sp³-hybridized carbons (Fsp3) is 0.455. The predicted octanol–water partition coefficient (Wildman–Crippen LogP) is 4.97. The standard InChI is InChI=1S/C22H22F5N7O/c1-12-30-20-17(33(12)11-19(23)24)8-13(9-28-20)16-6-7-34-18(16)10-29-21(32-34)31-14-2-4-15(5-3-14)35-22(25,26)27/h6-10,14-15,19H,2-5,11H2,1H3,(H,31,32)/t14-,15+. The average molecular weight is 495 g/mol. The summed E-state index contributed by atoms with van der Waals surface area (Å²) < 4.78 is 70.5. The second kappa shape index (κ2) is 9.02. The number of fused-ring (bicyclic) bond motifs is 2. The van der Waals surface area contributed by atoms with Crippen LogP contribution >= 0.6 is 0 Å². The molecule has 1 fully saturated rings. The van der Waals surface area contributed by atoms with E-state index in [1.54, 1.807) is 36.1 Å². The van der Waals surface area contributed by atoms with E-state index in [4.69, 9.17) is 0 Å². The van der Waals surface area contributed by atoms with Gasteiger partial charge in [0.2, 0.25) is 5.95 Å². The number of aromatic nitrogens is 6. The first-order chi connectivity index (χ1) is 16.7. The molecule has 35 heavy (non-hydrogen) atoms. The molecular formula is C22H22F5N7O. The van der Waals surface area contributed by atoms with Gasteiger partial charge in [0.05, 0.1) is 29.9 Å². The Morgan fingerprint density at radius 2 is 1.89 bits per heavy atom. The Bertz CT molecular complexity index is 1340. The van der Waals surface area contributed by atoms with Gasteiger partial charge in [-0.05, 0) is 44.7 Å². The molecule has 0 unspecified atom stereocenters. The maximum absolute atomic E-state index is 13.0. The SMILES string of the molecule is Cc1nc2ncc(-c3ccn4nc(N[C@H]5CC[C@@H](OC(F)(F)F)CC5)ncc34)cc2n1CC(F)F. The normalized spacial score (nSPS) is 19.2. The molecule has 4 aromatic heterocycles. The maximum Gasteiger partial charge on any atom is 0.522 e. The van der Waals surface area contributed by atoms with Gasteiger partial charge >= 0.3 is 6.36 Å². The van der Waals surface area contributed by atoms with Crippen molar-refractivity contribution < 1.29 is 26.7 Å². The molecule has 0 saturated heterocycles. The van der Waals surface area contributed by atoms with Gasteiger partial charge in [-0.2, -0.15) is 0 Å². The summed E-state index contributed by atoms with van der Waals surface area (Å²) in [4.78, 5) is 13.0. The molecule has 4 heterocycles. The van der Waals surface area contributed by atoms with Crippen LogP contribution in [-0.4, -0.2) is 54.1 Å². The van der Waals surface area contributed by atoms with Crippen LogP contribution in [0.25, 0.3) is 27.8 Å². The van der Waals surface area contributed by atoms with Crippen LogP contribution in [0.4, 0.5) is 27.9 Å². The number of alkyl halides is 5. The van der Waals surface area contributed by atoms with Crippen LogP contribution in [0.2, 0.25) is 0 Å². The Morgan fingerprint density at radius 3 is 2.60 bits per heavy atom. The summed E-state index contributed by atoms with van der Waals surface area (Å²) in [7, 11) is 0. The number of ether oxygens (including phenoxy) is 1. The summed E-state index contributed by atoms with van der Waals surface area (Å²) in [5.41, 5.74) is 3.09. The molecule has 1 saturated carbocycles. The van der Waals surface area contributed by atoms with Crippen molar-refractivity contribution in [2.45, 2.75) is 64.1 Å². The molecule has 4 aromatic rings. The van der Waals surface area contributed by atoms with Gasteiger partial charge in [-0.15, -0.1) is 18.3 Å². The van der Waals surface area contributed by atoms with Crippen LogP contribution in [-0.2, 0) is 11.3 Å². The van der Waals surface area contributed by atoms with Gasteiger partial charge in [0.25, 0.3) is 6.43 Å². The minimum atomic E-state index is -4.62. The van der Waals surface area contributed by atoms with Gasteiger partial charge in [0.1, 0.15) is 5.82 Å². The molecule has 0 aliphatic heterocycles. The highest BCUT2D eigenvalue weighted by Crippen LogP contribution is 2.30. The molecule has 0 aromatic carbocycles.